The molecule has 0 saturated heterocycles. The minimum Gasteiger partial charge on any atom is -0.508 e. The summed E-state index contributed by atoms with van der Waals surface area (Å²) in [6.07, 6.45) is 3.93. The van der Waals surface area contributed by atoms with E-state index < -0.39 is 5.97 Å². The van der Waals surface area contributed by atoms with Gasteiger partial charge in [0.05, 0.1) is 6.42 Å². The van der Waals surface area contributed by atoms with Gasteiger partial charge in [0.25, 0.3) is 0 Å². The second kappa shape index (κ2) is 4.26. The van der Waals surface area contributed by atoms with Crippen molar-refractivity contribution in [3.63, 3.8) is 0 Å². The van der Waals surface area contributed by atoms with Gasteiger partial charge in [-0.15, -0.1) is 11.8 Å². The topological polar surface area (TPSA) is 57.5 Å². The molecule has 0 aromatic heterocycles. The Balaban J connectivity index is 2.44. The van der Waals surface area contributed by atoms with Crippen molar-refractivity contribution in [3.8, 4) is 5.75 Å². The van der Waals surface area contributed by atoms with Crippen molar-refractivity contribution in [2.45, 2.75) is 36.5 Å². The second-order valence-corrected chi connectivity index (χ2v) is 5.54. The van der Waals surface area contributed by atoms with E-state index in [1.54, 1.807) is 17.8 Å². The molecule has 17 heavy (non-hydrogen) atoms. The number of aryl methyl sites for hydroxylation is 1. The monoisotopic (exact) mass is 252 g/mol. The van der Waals surface area contributed by atoms with E-state index in [1.165, 1.54) is 0 Å². The highest BCUT2D eigenvalue weighted by Gasteiger charge is 2.47. The van der Waals surface area contributed by atoms with Crippen molar-refractivity contribution in [1.29, 1.82) is 0 Å². The van der Waals surface area contributed by atoms with Gasteiger partial charge in [0.2, 0.25) is 0 Å². The number of thioether (sulfide) groups is 1. The van der Waals surface area contributed by atoms with Crippen molar-refractivity contribution in [2.24, 2.45) is 0 Å². The molecule has 1 fully saturated rings. The molecule has 0 unspecified atom stereocenters. The lowest BCUT2D eigenvalue weighted by Gasteiger charge is -2.18. The zero-order valence-electron chi connectivity index (χ0n) is 9.99. The van der Waals surface area contributed by atoms with Crippen LogP contribution in [-0.2, 0) is 10.2 Å². The van der Waals surface area contributed by atoms with Crippen LogP contribution in [0.1, 0.15) is 30.4 Å². The summed E-state index contributed by atoms with van der Waals surface area (Å²) in [5, 5.41) is 18.8. The van der Waals surface area contributed by atoms with Crippen LogP contribution in [0, 0.1) is 6.92 Å². The second-order valence-electron chi connectivity index (χ2n) is 4.69. The Bertz CT molecular complexity index is 464. The van der Waals surface area contributed by atoms with E-state index in [2.05, 4.69) is 0 Å². The van der Waals surface area contributed by atoms with Gasteiger partial charge in [0, 0.05) is 10.3 Å². The number of carboxylic acids is 1. The predicted octanol–water partition coefficient (Wildman–Crippen LogP) is 2.93. The third-order valence-corrected chi connectivity index (χ3v) is 4.21. The zero-order valence-corrected chi connectivity index (χ0v) is 10.8. The van der Waals surface area contributed by atoms with E-state index in [-0.39, 0.29) is 17.6 Å². The van der Waals surface area contributed by atoms with Crippen molar-refractivity contribution >= 4 is 17.7 Å². The van der Waals surface area contributed by atoms with Crippen LogP contribution >= 0.6 is 11.8 Å². The average molecular weight is 252 g/mol. The minimum atomic E-state index is -0.769. The quantitative estimate of drug-likeness (QED) is 0.809. The number of carbonyl (C=O) groups is 1. The van der Waals surface area contributed by atoms with Crippen molar-refractivity contribution in [1.82, 2.24) is 0 Å². The minimum absolute atomic E-state index is 0.156. The summed E-state index contributed by atoms with van der Waals surface area (Å²) < 4.78 is 0. The number of phenols is 1. The first-order valence-corrected chi connectivity index (χ1v) is 6.81. The molecule has 3 nitrogen and oxygen atoms in total. The smallest absolute Gasteiger partial charge is 0.304 e. The number of benzene rings is 1. The molecular weight excluding hydrogens is 236 g/mol. The molecular formula is C13H16O3S. The van der Waals surface area contributed by atoms with E-state index in [0.717, 1.165) is 28.9 Å². The largest absolute Gasteiger partial charge is 0.508 e. The van der Waals surface area contributed by atoms with Crippen molar-refractivity contribution in [2.75, 3.05) is 6.26 Å². The molecule has 1 aliphatic carbocycles. The Morgan fingerprint density at radius 1 is 1.47 bits per heavy atom. The fourth-order valence-corrected chi connectivity index (χ4v) is 3.03. The molecule has 1 aliphatic rings. The lowest BCUT2D eigenvalue weighted by Crippen LogP contribution is -2.14. The highest BCUT2D eigenvalue weighted by molar-refractivity contribution is 7.98. The lowest BCUT2D eigenvalue weighted by molar-refractivity contribution is -0.137. The maximum absolute atomic E-state index is 10.9. The van der Waals surface area contributed by atoms with Gasteiger partial charge in [0.1, 0.15) is 5.75 Å². The third kappa shape index (κ3) is 2.27. The standard InChI is InChI=1S/C13H16O3S/c1-8-5-11(17-2)9(6-10(8)14)13(3-4-13)7-12(15)16/h5-6,14H,3-4,7H2,1-2H3,(H,15,16). The Hall–Kier alpha value is -1.16. The number of hydrogen-bond donors (Lipinski definition) is 2. The van der Waals surface area contributed by atoms with Crippen LogP contribution in [0.2, 0.25) is 0 Å². The van der Waals surface area contributed by atoms with Crippen LogP contribution in [0.15, 0.2) is 17.0 Å². The summed E-state index contributed by atoms with van der Waals surface area (Å²) in [7, 11) is 0. The number of carboxylic acid groups (broad SMARTS) is 1. The summed E-state index contributed by atoms with van der Waals surface area (Å²) in [4.78, 5) is 12.0. The van der Waals surface area contributed by atoms with Crippen LogP contribution in [0.25, 0.3) is 0 Å². The predicted molar refractivity (Wildman–Crippen MR) is 67.8 cm³/mol. The normalized spacial score (nSPS) is 16.8. The van der Waals surface area contributed by atoms with Crippen molar-refractivity contribution < 1.29 is 15.0 Å². The van der Waals surface area contributed by atoms with E-state index in [0.29, 0.717) is 0 Å². The van der Waals surface area contributed by atoms with E-state index in [9.17, 15) is 9.90 Å². The molecule has 0 spiro atoms. The summed E-state index contributed by atoms with van der Waals surface area (Å²) >= 11 is 1.61. The number of aromatic hydroxyl groups is 1. The van der Waals surface area contributed by atoms with Crippen LogP contribution in [0.5, 0.6) is 5.75 Å². The molecule has 0 bridgehead atoms. The van der Waals surface area contributed by atoms with Crippen LogP contribution < -0.4 is 0 Å². The fourth-order valence-electron chi connectivity index (χ4n) is 2.24. The maximum atomic E-state index is 10.9. The molecule has 1 aromatic carbocycles. The Morgan fingerprint density at radius 2 is 2.12 bits per heavy atom. The lowest BCUT2D eigenvalue weighted by atomic mass is 9.91. The number of rotatable bonds is 4. The van der Waals surface area contributed by atoms with Gasteiger partial charge in [-0.2, -0.15) is 0 Å². The number of hydrogen-bond acceptors (Lipinski definition) is 3. The van der Waals surface area contributed by atoms with Crippen LogP contribution in [0.3, 0.4) is 0 Å². The molecule has 92 valence electrons. The highest BCUT2D eigenvalue weighted by atomic mass is 32.2. The number of aliphatic carboxylic acids is 1. The first-order valence-electron chi connectivity index (χ1n) is 5.58. The van der Waals surface area contributed by atoms with E-state index in [4.69, 9.17) is 5.11 Å². The van der Waals surface area contributed by atoms with Crippen LogP contribution in [0.4, 0.5) is 0 Å². The maximum Gasteiger partial charge on any atom is 0.304 e. The molecule has 0 aliphatic heterocycles. The molecule has 1 aromatic rings. The average Bonchev–Trinajstić information content (AvgIpc) is 3.01. The van der Waals surface area contributed by atoms with Gasteiger partial charge < -0.3 is 10.2 Å². The molecule has 2 N–H and O–H groups in total. The molecule has 0 amide bonds. The van der Waals surface area contributed by atoms with Gasteiger partial charge >= 0.3 is 5.97 Å². The first kappa shape index (κ1) is 12.3. The molecule has 0 atom stereocenters. The number of phenolic OH excluding ortho intramolecular Hbond substituents is 1. The highest BCUT2D eigenvalue weighted by Crippen LogP contribution is 2.54. The molecule has 1 saturated carbocycles. The van der Waals surface area contributed by atoms with Crippen LogP contribution in [-0.4, -0.2) is 22.4 Å². The first-order chi connectivity index (χ1) is 7.98. The summed E-state index contributed by atoms with van der Waals surface area (Å²) in [6.45, 7) is 1.86. The third-order valence-electron chi connectivity index (χ3n) is 3.43. The molecule has 2 rings (SSSR count). The molecule has 4 heteroatoms. The van der Waals surface area contributed by atoms with E-state index >= 15 is 0 Å². The fraction of sp³-hybridized carbons (Fsp3) is 0.462. The molecule has 0 heterocycles. The van der Waals surface area contributed by atoms with Gasteiger partial charge in [-0.3, -0.25) is 4.79 Å². The van der Waals surface area contributed by atoms with Crippen molar-refractivity contribution in [3.05, 3.63) is 23.3 Å². The zero-order chi connectivity index (χ0) is 12.6. The Kier molecular flexibility index (Phi) is 3.08. The summed E-state index contributed by atoms with van der Waals surface area (Å²) in [5.74, 6) is -0.510. The molecule has 0 radical (unpaired) electrons. The SMILES string of the molecule is CSc1cc(C)c(O)cc1C1(CC(=O)O)CC1. The van der Waals surface area contributed by atoms with E-state index in [1.807, 2.05) is 19.2 Å². The summed E-state index contributed by atoms with van der Waals surface area (Å²) in [6, 6.07) is 3.69. The Morgan fingerprint density at radius 3 is 2.59 bits per heavy atom. The van der Waals surface area contributed by atoms with Gasteiger partial charge in [-0.25, -0.2) is 0 Å². The van der Waals surface area contributed by atoms with Gasteiger partial charge in [-0.05, 0) is 49.3 Å². The van der Waals surface area contributed by atoms with Gasteiger partial charge in [0.15, 0.2) is 0 Å². The van der Waals surface area contributed by atoms with Gasteiger partial charge in [-0.1, -0.05) is 0 Å². The summed E-state index contributed by atoms with van der Waals surface area (Å²) in [5.41, 5.74) is 1.59. The Labute approximate surface area is 105 Å².